The van der Waals surface area contributed by atoms with E-state index < -0.39 is 5.91 Å². The van der Waals surface area contributed by atoms with Crippen LogP contribution in [0.25, 0.3) is 11.0 Å². The van der Waals surface area contributed by atoms with E-state index in [2.05, 4.69) is 27.2 Å². The number of fused-ring (bicyclic) bond motifs is 1. The fourth-order valence-corrected chi connectivity index (χ4v) is 5.86. The van der Waals surface area contributed by atoms with Crippen LogP contribution in [0, 0.1) is 6.92 Å². The Morgan fingerprint density at radius 3 is 2.51 bits per heavy atom. The minimum absolute atomic E-state index is 0.226. The summed E-state index contributed by atoms with van der Waals surface area (Å²) in [7, 11) is 6.83. The standard InChI is InChI=1S/C37H46N6O6/c1-25-13-16-30(32(22-25)49-21-8-6-7-12-34(44)43-19-17-41(2)18-20-43)42(3)37(46)26-14-15-27(31(23-26)48-5)36(45)39-29-11-9-10-28-35(29)40-33(38-28)24-47-4/h9-11,13-16,22-23H,6-8,12,17-21,24H2,1-5H3,(H,38,40)(H,39,45). The highest BCUT2D eigenvalue weighted by molar-refractivity contribution is 6.11. The summed E-state index contributed by atoms with van der Waals surface area (Å²) in [4.78, 5) is 53.1. The summed E-state index contributed by atoms with van der Waals surface area (Å²) in [5.41, 5.74) is 4.18. The van der Waals surface area contributed by atoms with Crippen molar-refractivity contribution in [3.05, 3.63) is 77.1 Å². The lowest BCUT2D eigenvalue weighted by Crippen LogP contribution is -2.47. The van der Waals surface area contributed by atoms with Crippen LogP contribution in [-0.2, 0) is 16.1 Å². The van der Waals surface area contributed by atoms with Crippen LogP contribution in [0.15, 0.2) is 54.6 Å². The molecule has 1 aromatic heterocycles. The lowest BCUT2D eigenvalue weighted by atomic mass is 10.1. The summed E-state index contributed by atoms with van der Waals surface area (Å²) >= 11 is 0. The number of benzene rings is 3. The molecule has 0 unspecified atom stereocenters. The van der Waals surface area contributed by atoms with Gasteiger partial charge >= 0.3 is 0 Å². The first-order chi connectivity index (χ1) is 23.7. The largest absolute Gasteiger partial charge is 0.496 e. The van der Waals surface area contributed by atoms with Crippen molar-refractivity contribution in [3.63, 3.8) is 0 Å². The van der Waals surface area contributed by atoms with E-state index in [1.165, 1.54) is 12.0 Å². The van der Waals surface area contributed by atoms with Crippen LogP contribution in [0.1, 0.15) is 57.8 Å². The molecular weight excluding hydrogens is 624 g/mol. The average Bonchev–Trinajstić information content (AvgIpc) is 3.53. The maximum Gasteiger partial charge on any atom is 0.259 e. The Balaban J connectivity index is 1.20. The molecule has 0 spiro atoms. The number of nitrogens with one attached hydrogen (secondary N) is 2. The zero-order valence-corrected chi connectivity index (χ0v) is 29.0. The number of aromatic amines is 1. The Morgan fingerprint density at radius 1 is 0.959 bits per heavy atom. The number of hydrogen-bond donors (Lipinski definition) is 2. The average molecular weight is 671 g/mol. The molecule has 260 valence electrons. The van der Waals surface area contributed by atoms with E-state index in [-0.39, 0.29) is 23.1 Å². The molecule has 1 aliphatic heterocycles. The van der Waals surface area contributed by atoms with Gasteiger partial charge in [0.1, 0.15) is 29.4 Å². The number of aromatic nitrogens is 2. The predicted octanol–water partition coefficient (Wildman–Crippen LogP) is 5.27. The number of rotatable bonds is 14. The molecule has 0 bridgehead atoms. The topological polar surface area (TPSA) is 129 Å². The number of hydrogen-bond acceptors (Lipinski definition) is 8. The number of aryl methyl sites for hydroxylation is 1. The molecule has 5 rings (SSSR count). The molecule has 1 aliphatic rings. The van der Waals surface area contributed by atoms with Gasteiger partial charge in [0.25, 0.3) is 11.8 Å². The second-order valence-corrected chi connectivity index (χ2v) is 12.4. The number of anilines is 2. The zero-order valence-electron chi connectivity index (χ0n) is 29.0. The van der Waals surface area contributed by atoms with Crippen molar-refractivity contribution >= 4 is 40.1 Å². The molecular formula is C37H46N6O6. The number of carbonyl (C=O) groups is 3. The quantitative estimate of drug-likeness (QED) is 0.174. The number of nitrogens with zero attached hydrogens (tertiary/aromatic N) is 4. The van der Waals surface area contributed by atoms with Crippen molar-refractivity contribution in [2.45, 2.75) is 39.2 Å². The highest BCUT2D eigenvalue weighted by atomic mass is 16.5. The summed E-state index contributed by atoms with van der Waals surface area (Å²) < 4.78 is 16.9. The lowest BCUT2D eigenvalue weighted by molar-refractivity contribution is -0.132. The van der Waals surface area contributed by atoms with E-state index in [1.54, 1.807) is 38.4 Å². The number of piperazine rings is 1. The fourth-order valence-electron chi connectivity index (χ4n) is 5.86. The predicted molar refractivity (Wildman–Crippen MR) is 190 cm³/mol. The van der Waals surface area contributed by atoms with Crippen molar-refractivity contribution in [1.82, 2.24) is 19.8 Å². The van der Waals surface area contributed by atoms with Crippen LogP contribution < -0.4 is 19.7 Å². The summed E-state index contributed by atoms with van der Waals surface area (Å²) in [6.07, 6.45) is 3.04. The Kier molecular flexibility index (Phi) is 11.9. The lowest BCUT2D eigenvalue weighted by Gasteiger charge is -2.32. The van der Waals surface area contributed by atoms with Gasteiger partial charge in [-0.15, -0.1) is 0 Å². The molecule has 2 heterocycles. The first-order valence-corrected chi connectivity index (χ1v) is 16.6. The molecule has 3 aromatic carbocycles. The number of carbonyl (C=O) groups excluding carboxylic acids is 3. The van der Waals surface area contributed by atoms with Crippen molar-refractivity contribution in [1.29, 1.82) is 0 Å². The fraction of sp³-hybridized carbons (Fsp3) is 0.405. The number of imidazole rings is 1. The summed E-state index contributed by atoms with van der Waals surface area (Å²) in [6.45, 7) is 6.21. The van der Waals surface area contributed by atoms with Crippen molar-refractivity contribution < 1.29 is 28.6 Å². The molecule has 1 saturated heterocycles. The first kappa shape index (κ1) is 35.4. The van der Waals surface area contributed by atoms with Crippen LogP contribution in [-0.4, -0.2) is 98.6 Å². The Bertz CT molecular complexity index is 1780. The van der Waals surface area contributed by atoms with Gasteiger partial charge in [-0.05, 0) is 81.3 Å². The third-order valence-corrected chi connectivity index (χ3v) is 8.71. The Labute approximate surface area is 287 Å². The zero-order chi connectivity index (χ0) is 34.9. The van der Waals surface area contributed by atoms with Crippen molar-refractivity contribution in [3.8, 4) is 11.5 Å². The Hall–Kier alpha value is -4.94. The summed E-state index contributed by atoms with van der Waals surface area (Å²) in [5.74, 6) is 1.06. The maximum atomic E-state index is 13.7. The minimum Gasteiger partial charge on any atom is -0.496 e. The van der Waals surface area contributed by atoms with Crippen molar-refractivity contribution in [2.24, 2.45) is 0 Å². The van der Waals surface area contributed by atoms with Gasteiger partial charge in [0.15, 0.2) is 0 Å². The van der Waals surface area contributed by atoms with Gasteiger partial charge in [-0.1, -0.05) is 12.1 Å². The van der Waals surface area contributed by atoms with E-state index in [4.69, 9.17) is 14.2 Å². The highest BCUT2D eigenvalue weighted by Crippen LogP contribution is 2.31. The third kappa shape index (κ3) is 8.76. The molecule has 0 saturated carbocycles. The molecule has 49 heavy (non-hydrogen) atoms. The van der Waals surface area contributed by atoms with Crippen molar-refractivity contribution in [2.75, 3.05) is 71.3 Å². The number of methoxy groups -OCH3 is 2. The molecule has 0 radical (unpaired) electrons. The second kappa shape index (κ2) is 16.4. The first-order valence-electron chi connectivity index (χ1n) is 16.6. The van der Waals surface area contributed by atoms with Gasteiger partial charge in [0.2, 0.25) is 5.91 Å². The van der Waals surface area contributed by atoms with Gasteiger partial charge < -0.3 is 39.2 Å². The van der Waals surface area contributed by atoms with Crippen LogP contribution in [0.5, 0.6) is 11.5 Å². The summed E-state index contributed by atoms with van der Waals surface area (Å²) in [6, 6.07) is 15.9. The molecule has 4 aromatic rings. The number of likely N-dealkylation sites (N-methyl/N-ethyl adjacent to an activating group) is 1. The number of ether oxygens (including phenoxy) is 3. The smallest absolute Gasteiger partial charge is 0.259 e. The van der Waals surface area contributed by atoms with E-state index in [0.29, 0.717) is 53.7 Å². The van der Waals surface area contributed by atoms with E-state index in [1.807, 2.05) is 42.2 Å². The molecule has 3 amide bonds. The normalized spacial score (nSPS) is 13.4. The van der Waals surface area contributed by atoms with E-state index in [9.17, 15) is 14.4 Å². The van der Waals surface area contributed by atoms with Crippen LogP contribution in [0.4, 0.5) is 11.4 Å². The van der Waals surface area contributed by atoms with Gasteiger partial charge in [-0.3, -0.25) is 14.4 Å². The molecule has 1 fully saturated rings. The van der Waals surface area contributed by atoms with Gasteiger partial charge in [-0.25, -0.2) is 4.98 Å². The van der Waals surface area contributed by atoms with Gasteiger partial charge in [0.05, 0.1) is 36.2 Å². The maximum absolute atomic E-state index is 13.7. The number of unbranched alkanes of at least 4 members (excludes halogenated alkanes) is 2. The molecule has 0 atom stereocenters. The number of amides is 3. The van der Waals surface area contributed by atoms with Crippen LogP contribution in [0.2, 0.25) is 0 Å². The number of para-hydroxylation sites is 1. The van der Waals surface area contributed by atoms with Gasteiger partial charge in [-0.2, -0.15) is 0 Å². The minimum atomic E-state index is -0.397. The van der Waals surface area contributed by atoms with E-state index >= 15 is 0 Å². The van der Waals surface area contributed by atoms with Crippen LogP contribution >= 0.6 is 0 Å². The van der Waals surface area contributed by atoms with Gasteiger partial charge in [0, 0.05) is 52.3 Å². The van der Waals surface area contributed by atoms with E-state index in [0.717, 1.165) is 56.5 Å². The SMILES string of the molecule is COCc1nc2c(NC(=O)c3ccc(C(=O)N(C)c4ccc(C)cc4OCCCCCC(=O)N4CCN(C)CC4)cc3OC)cccc2[nH]1. The molecule has 2 N–H and O–H groups in total. The third-order valence-electron chi connectivity index (χ3n) is 8.71. The highest BCUT2D eigenvalue weighted by Gasteiger charge is 2.22. The molecule has 12 nitrogen and oxygen atoms in total. The summed E-state index contributed by atoms with van der Waals surface area (Å²) in [5, 5.41) is 2.92. The number of H-pyrrole nitrogens is 1. The van der Waals surface area contributed by atoms with Crippen LogP contribution in [0.3, 0.4) is 0 Å². The second-order valence-electron chi connectivity index (χ2n) is 12.4. The molecule has 12 heteroatoms. The molecule has 0 aliphatic carbocycles. The Morgan fingerprint density at radius 2 is 1.76 bits per heavy atom. The monoisotopic (exact) mass is 670 g/mol.